The maximum Gasteiger partial charge on any atom is 0.0945 e. The van der Waals surface area contributed by atoms with Gasteiger partial charge in [-0.2, -0.15) is 0 Å². The van der Waals surface area contributed by atoms with Crippen LogP contribution in [0.2, 0.25) is 0 Å². The summed E-state index contributed by atoms with van der Waals surface area (Å²) in [6.45, 7) is 5.35. The lowest BCUT2D eigenvalue weighted by molar-refractivity contribution is 0.0974. The van der Waals surface area contributed by atoms with Crippen LogP contribution in [0.5, 0.6) is 0 Å². The molecule has 0 bridgehead atoms. The van der Waals surface area contributed by atoms with Gasteiger partial charge in [0.1, 0.15) is 0 Å². The lowest BCUT2D eigenvalue weighted by Gasteiger charge is -2.33. The van der Waals surface area contributed by atoms with E-state index in [1.807, 2.05) is 18.2 Å². The first-order valence-electron chi connectivity index (χ1n) is 6.69. The van der Waals surface area contributed by atoms with Crippen LogP contribution in [-0.4, -0.2) is 17.7 Å². The topological polar surface area (TPSA) is 32.3 Å². The van der Waals surface area contributed by atoms with Gasteiger partial charge in [-0.1, -0.05) is 37.6 Å². The van der Waals surface area contributed by atoms with Gasteiger partial charge in [-0.3, -0.25) is 0 Å². The van der Waals surface area contributed by atoms with Crippen molar-refractivity contribution in [2.75, 3.05) is 6.54 Å². The van der Waals surface area contributed by atoms with Gasteiger partial charge < -0.3 is 10.4 Å². The molecule has 0 radical (unpaired) electrons. The number of hydrogen-bond acceptors (Lipinski definition) is 2. The van der Waals surface area contributed by atoms with Crippen LogP contribution < -0.4 is 5.32 Å². The Balaban J connectivity index is 2.09. The summed E-state index contributed by atoms with van der Waals surface area (Å²) >= 11 is 0. The molecule has 1 heterocycles. The fourth-order valence-electron chi connectivity index (χ4n) is 2.78. The summed E-state index contributed by atoms with van der Waals surface area (Å²) in [5.41, 5.74) is 2.25. The predicted molar refractivity (Wildman–Crippen MR) is 70.9 cm³/mol. The Morgan fingerprint density at radius 3 is 2.88 bits per heavy atom. The van der Waals surface area contributed by atoms with Gasteiger partial charge >= 0.3 is 0 Å². The minimum atomic E-state index is -0.370. The van der Waals surface area contributed by atoms with Crippen LogP contribution >= 0.6 is 0 Å². The highest BCUT2D eigenvalue weighted by Gasteiger charge is 2.27. The Hall–Kier alpha value is -0.860. The van der Waals surface area contributed by atoms with Crippen molar-refractivity contribution in [2.45, 2.75) is 45.3 Å². The number of aliphatic hydroxyl groups excluding tert-OH is 1. The zero-order valence-electron chi connectivity index (χ0n) is 10.8. The zero-order chi connectivity index (χ0) is 12.3. The van der Waals surface area contributed by atoms with Crippen molar-refractivity contribution in [3.63, 3.8) is 0 Å². The lowest BCUT2D eigenvalue weighted by Crippen LogP contribution is -2.42. The summed E-state index contributed by atoms with van der Waals surface area (Å²) in [6.07, 6.45) is 3.18. The molecule has 3 unspecified atom stereocenters. The molecule has 17 heavy (non-hydrogen) atoms. The molecule has 0 saturated carbocycles. The molecule has 1 aliphatic rings. The van der Waals surface area contributed by atoms with Crippen LogP contribution in [0.25, 0.3) is 0 Å². The molecule has 2 nitrogen and oxygen atoms in total. The van der Waals surface area contributed by atoms with Crippen LogP contribution in [0.4, 0.5) is 0 Å². The third-order valence-corrected chi connectivity index (χ3v) is 4.01. The minimum absolute atomic E-state index is 0.217. The van der Waals surface area contributed by atoms with E-state index in [2.05, 4.69) is 25.2 Å². The zero-order valence-corrected chi connectivity index (χ0v) is 10.8. The summed E-state index contributed by atoms with van der Waals surface area (Å²) in [4.78, 5) is 0. The number of hydrogen-bond donors (Lipinski definition) is 2. The second-order valence-electron chi connectivity index (χ2n) is 5.16. The Kier molecular flexibility index (Phi) is 4.19. The van der Waals surface area contributed by atoms with Crippen LogP contribution in [0.3, 0.4) is 0 Å². The molecule has 0 spiro atoms. The van der Waals surface area contributed by atoms with E-state index in [0.717, 1.165) is 24.4 Å². The summed E-state index contributed by atoms with van der Waals surface area (Å²) < 4.78 is 0. The molecule has 1 aromatic carbocycles. The SMILES string of the molecule is CCC1CCNC(C(O)c2ccccc2C)C1. The van der Waals surface area contributed by atoms with Crippen molar-refractivity contribution in [2.24, 2.45) is 5.92 Å². The van der Waals surface area contributed by atoms with E-state index in [-0.39, 0.29) is 12.1 Å². The molecule has 0 aromatic heterocycles. The first kappa shape index (κ1) is 12.6. The predicted octanol–water partition coefficient (Wildman–Crippen LogP) is 2.81. The van der Waals surface area contributed by atoms with Gasteiger partial charge in [0.2, 0.25) is 0 Å². The fraction of sp³-hybridized carbons (Fsp3) is 0.600. The third-order valence-electron chi connectivity index (χ3n) is 4.01. The van der Waals surface area contributed by atoms with Crippen LogP contribution in [0.15, 0.2) is 24.3 Å². The average Bonchev–Trinajstić information content (AvgIpc) is 2.38. The number of nitrogens with one attached hydrogen (secondary N) is 1. The largest absolute Gasteiger partial charge is 0.387 e. The summed E-state index contributed by atoms with van der Waals surface area (Å²) in [5, 5.41) is 13.9. The van der Waals surface area contributed by atoms with Crippen molar-refractivity contribution in [1.82, 2.24) is 5.32 Å². The highest BCUT2D eigenvalue weighted by Crippen LogP contribution is 2.28. The van der Waals surface area contributed by atoms with E-state index >= 15 is 0 Å². The van der Waals surface area contributed by atoms with E-state index in [0.29, 0.717) is 0 Å². The monoisotopic (exact) mass is 233 g/mol. The average molecular weight is 233 g/mol. The van der Waals surface area contributed by atoms with Gasteiger partial charge in [-0.15, -0.1) is 0 Å². The van der Waals surface area contributed by atoms with Gasteiger partial charge in [0.25, 0.3) is 0 Å². The van der Waals surface area contributed by atoms with Crippen LogP contribution in [-0.2, 0) is 0 Å². The Bertz CT molecular complexity index is 364. The van der Waals surface area contributed by atoms with Gasteiger partial charge in [-0.25, -0.2) is 0 Å². The number of aliphatic hydroxyl groups is 1. The standard InChI is InChI=1S/C15H23NO/c1-3-12-8-9-16-14(10-12)15(17)13-7-5-4-6-11(13)2/h4-7,12,14-17H,3,8-10H2,1-2H3. The van der Waals surface area contributed by atoms with Crippen molar-refractivity contribution in [3.05, 3.63) is 35.4 Å². The summed E-state index contributed by atoms with van der Waals surface area (Å²) in [5.74, 6) is 0.764. The third kappa shape index (κ3) is 2.88. The molecule has 2 heteroatoms. The van der Waals surface area contributed by atoms with Crippen molar-refractivity contribution in [1.29, 1.82) is 0 Å². The molecule has 1 aliphatic heterocycles. The van der Waals surface area contributed by atoms with Crippen molar-refractivity contribution < 1.29 is 5.11 Å². The van der Waals surface area contributed by atoms with Crippen LogP contribution in [0.1, 0.15) is 43.4 Å². The molecule has 0 aliphatic carbocycles. The van der Waals surface area contributed by atoms with Gasteiger partial charge in [0, 0.05) is 6.04 Å². The highest BCUT2D eigenvalue weighted by molar-refractivity contribution is 5.28. The quantitative estimate of drug-likeness (QED) is 0.841. The lowest BCUT2D eigenvalue weighted by atomic mass is 9.85. The summed E-state index contributed by atoms with van der Waals surface area (Å²) in [6, 6.07) is 8.35. The highest BCUT2D eigenvalue weighted by atomic mass is 16.3. The molecule has 94 valence electrons. The molecule has 1 fully saturated rings. The number of benzene rings is 1. The molecular weight excluding hydrogens is 210 g/mol. The van der Waals surface area contributed by atoms with Crippen molar-refractivity contribution in [3.8, 4) is 0 Å². The Labute approximate surface area is 104 Å². The number of piperidine rings is 1. The number of aryl methyl sites for hydroxylation is 1. The van der Waals surface area contributed by atoms with E-state index in [1.165, 1.54) is 18.4 Å². The van der Waals surface area contributed by atoms with E-state index in [4.69, 9.17) is 0 Å². The maximum atomic E-state index is 10.5. The Morgan fingerprint density at radius 2 is 2.18 bits per heavy atom. The van der Waals surface area contributed by atoms with E-state index < -0.39 is 0 Å². The smallest absolute Gasteiger partial charge is 0.0945 e. The molecule has 2 rings (SSSR count). The first-order valence-corrected chi connectivity index (χ1v) is 6.69. The van der Waals surface area contributed by atoms with Gasteiger partial charge in [0.15, 0.2) is 0 Å². The molecule has 0 amide bonds. The molecule has 2 N–H and O–H groups in total. The summed E-state index contributed by atoms with van der Waals surface area (Å²) in [7, 11) is 0. The minimum Gasteiger partial charge on any atom is -0.387 e. The number of rotatable bonds is 3. The van der Waals surface area contributed by atoms with E-state index in [1.54, 1.807) is 0 Å². The molecule has 1 aromatic rings. The first-order chi connectivity index (χ1) is 8.22. The second kappa shape index (κ2) is 5.65. The van der Waals surface area contributed by atoms with Gasteiger partial charge in [-0.05, 0) is 43.4 Å². The maximum absolute atomic E-state index is 10.5. The van der Waals surface area contributed by atoms with Crippen molar-refractivity contribution >= 4 is 0 Å². The molecular formula is C15H23NO. The van der Waals surface area contributed by atoms with Crippen LogP contribution in [0, 0.1) is 12.8 Å². The molecule has 1 saturated heterocycles. The Morgan fingerprint density at radius 1 is 1.41 bits per heavy atom. The van der Waals surface area contributed by atoms with E-state index in [9.17, 15) is 5.11 Å². The molecule has 3 atom stereocenters. The second-order valence-corrected chi connectivity index (χ2v) is 5.16. The normalized spacial score (nSPS) is 26.8. The fourth-order valence-corrected chi connectivity index (χ4v) is 2.78. The van der Waals surface area contributed by atoms with Gasteiger partial charge in [0.05, 0.1) is 6.10 Å².